The fraction of sp³-hybridized carbons (Fsp3) is 0.286. The number of nitrogens with two attached hydrogens (primary N) is 1. The highest BCUT2D eigenvalue weighted by Gasteiger charge is 2.07. The Morgan fingerprint density at radius 1 is 1.32 bits per heavy atom. The normalized spacial score (nSPS) is 10.6. The van der Waals surface area contributed by atoms with E-state index in [2.05, 4.69) is 12.0 Å². The highest BCUT2D eigenvalue weighted by molar-refractivity contribution is 6.30. The molecule has 0 unspecified atom stereocenters. The van der Waals surface area contributed by atoms with Gasteiger partial charge in [0.2, 0.25) is 0 Å². The van der Waals surface area contributed by atoms with Gasteiger partial charge < -0.3 is 5.73 Å². The number of benzene rings is 1. The standard InChI is InChI=1S/C14H16ClN3O/c1-2-3-8-18-14(19)12(16)9-13(17-18)10-4-6-11(15)7-5-10/h4-7,9H,2-3,8,16H2,1H3. The molecule has 4 nitrogen and oxygen atoms in total. The lowest BCUT2D eigenvalue weighted by molar-refractivity contribution is 0.547. The molecule has 0 bridgehead atoms. The summed E-state index contributed by atoms with van der Waals surface area (Å²) in [5.41, 5.74) is 7.32. The van der Waals surface area contributed by atoms with Crippen LogP contribution in [0.5, 0.6) is 0 Å². The Balaban J connectivity index is 2.44. The van der Waals surface area contributed by atoms with Crippen LogP contribution in [-0.2, 0) is 6.54 Å². The van der Waals surface area contributed by atoms with E-state index in [-0.39, 0.29) is 11.2 Å². The van der Waals surface area contributed by atoms with Crippen molar-refractivity contribution in [1.29, 1.82) is 0 Å². The largest absolute Gasteiger partial charge is 0.394 e. The zero-order valence-corrected chi connectivity index (χ0v) is 11.5. The fourth-order valence-corrected chi connectivity index (χ4v) is 1.91. The highest BCUT2D eigenvalue weighted by atomic mass is 35.5. The predicted molar refractivity (Wildman–Crippen MR) is 78.3 cm³/mol. The first-order valence-corrected chi connectivity index (χ1v) is 6.63. The number of nitrogens with zero attached hydrogens (tertiary/aromatic N) is 2. The van der Waals surface area contributed by atoms with Crippen LogP contribution in [0.25, 0.3) is 11.3 Å². The summed E-state index contributed by atoms with van der Waals surface area (Å²) in [7, 11) is 0. The molecule has 0 saturated carbocycles. The molecule has 2 rings (SSSR count). The third-order valence-electron chi connectivity index (χ3n) is 2.87. The zero-order chi connectivity index (χ0) is 13.8. The van der Waals surface area contributed by atoms with E-state index in [1.807, 2.05) is 12.1 Å². The van der Waals surface area contributed by atoms with Gasteiger partial charge in [0.15, 0.2) is 0 Å². The van der Waals surface area contributed by atoms with Crippen LogP contribution >= 0.6 is 11.6 Å². The minimum atomic E-state index is -0.230. The lowest BCUT2D eigenvalue weighted by atomic mass is 10.1. The summed E-state index contributed by atoms with van der Waals surface area (Å²) >= 11 is 5.86. The Bertz CT molecular complexity index is 620. The second-order valence-electron chi connectivity index (χ2n) is 4.37. The van der Waals surface area contributed by atoms with Crippen molar-refractivity contribution in [3.8, 4) is 11.3 Å². The van der Waals surface area contributed by atoms with Crippen LogP contribution in [0.3, 0.4) is 0 Å². The van der Waals surface area contributed by atoms with Crippen LogP contribution in [-0.4, -0.2) is 9.78 Å². The van der Waals surface area contributed by atoms with Crippen molar-refractivity contribution in [2.45, 2.75) is 26.3 Å². The van der Waals surface area contributed by atoms with Crippen molar-refractivity contribution in [3.63, 3.8) is 0 Å². The molecule has 5 heteroatoms. The molecule has 2 N–H and O–H groups in total. The molecule has 0 aliphatic carbocycles. The summed E-state index contributed by atoms with van der Waals surface area (Å²) < 4.78 is 1.43. The van der Waals surface area contributed by atoms with Gasteiger partial charge in [0.25, 0.3) is 5.56 Å². The minimum Gasteiger partial charge on any atom is -0.394 e. The van der Waals surface area contributed by atoms with E-state index in [1.54, 1.807) is 18.2 Å². The van der Waals surface area contributed by atoms with E-state index in [1.165, 1.54) is 4.68 Å². The number of aryl methyl sites for hydroxylation is 1. The van der Waals surface area contributed by atoms with Crippen LogP contribution in [0.4, 0.5) is 5.69 Å². The van der Waals surface area contributed by atoms with Crippen molar-refractivity contribution in [3.05, 3.63) is 45.7 Å². The molecule has 0 atom stereocenters. The van der Waals surface area contributed by atoms with E-state index in [0.29, 0.717) is 17.3 Å². The number of rotatable bonds is 4. The Kier molecular flexibility index (Phi) is 4.22. The van der Waals surface area contributed by atoms with Gasteiger partial charge in [0, 0.05) is 17.1 Å². The van der Waals surface area contributed by atoms with E-state index >= 15 is 0 Å². The number of halogens is 1. The van der Waals surface area contributed by atoms with Gasteiger partial charge in [-0.05, 0) is 24.6 Å². The van der Waals surface area contributed by atoms with Crippen molar-refractivity contribution in [2.75, 3.05) is 5.73 Å². The summed E-state index contributed by atoms with van der Waals surface area (Å²) in [6.07, 6.45) is 1.90. The van der Waals surface area contributed by atoms with Gasteiger partial charge in [-0.2, -0.15) is 5.10 Å². The topological polar surface area (TPSA) is 60.9 Å². The summed E-state index contributed by atoms with van der Waals surface area (Å²) in [5, 5.41) is 5.01. The average molecular weight is 278 g/mol. The quantitative estimate of drug-likeness (QED) is 0.935. The van der Waals surface area contributed by atoms with Crippen LogP contribution in [0.15, 0.2) is 35.1 Å². The Morgan fingerprint density at radius 3 is 2.63 bits per heavy atom. The van der Waals surface area contributed by atoms with Crippen molar-refractivity contribution in [2.24, 2.45) is 0 Å². The van der Waals surface area contributed by atoms with Crippen LogP contribution in [0.1, 0.15) is 19.8 Å². The van der Waals surface area contributed by atoms with E-state index in [9.17, 15) is 4.79 Å². The smallest absolute Gasteiger partial charge is 0.289 e. The molecule has 19 heavy (non-hydrogen) atoms. The number of nitrogen functional groups attached to an aromatic ring is 1. The second-order valence-corrected chi connectivity index (χ2v) is 4.81. The number of anilines is 1. The molecule has 0 radical (unpaired) electrons. The maximum atomic E-state index is 11.9. The van der Waals surface area contributed by atoms with Gasteiger partial charge in [-0.1, -0.05) is 37.1 Å². The van der Waals surface area contributed by atoms with E-state index in [4.69, 9.17) is 17.3 Å². The van der Waals surface area contributed by atoms with Gasteiger partial charge in [-0.25, -0.2) is 4.68 Å². The maximum absolute atomic E-state index is 11.9. The molecule has 0 fully saturated rings. The molecule has 1 heterocycles. The SMILES string of the molecule is CCCCn1nc(-c2ccc(Cl)cc2)cc(N)c1=O. The molecule has 0 aliphatic heterocycles. The Hall–Kier alpha value is -1.81. The van der Waals surface area contributed by atoms with Gasteiger partial charge in [0.1, 0.15) is 5.69 Å². The molecule has 0 amide bonds. The lowest BCUT2D eigenvalue weighted by Gasteiger charge is -2.08. The third kappa shape index (κ3) is 3.15. The fourth-order valence-electron chi connectivity index (χ4n) is 1.78. The molecule has 2 aromatic rings. The lowest BCUT2D eigenvalue weighted by Crippen LogP contribution is -2.25. The summed E-state index contributed by atoms with van der Waals surface area (Å²) in [5.74, 6) is 0. The van der Waals surface area contributed by atoms with Crippen LogP contribution in [0.2, 0.25) is 5.02 Å². The predicted octanol–water partition coefficient (Wildman–Crippen LogP) is 2.95. The first-order chi connectivity index (χ1) is 9.11. The number of hydrogen-bond donors (Lipinski definition) is 1. The minimum absolute atomic E-state index is 0.219. The number of unbranched alkanes of at least 4 members (excludes halogenated alkanes) is 1. The van der Waals surface area contributed by atoms with Crippen LogP contribution < -0.4 is 11.3 Å². The second kappa shape index (κ2) is 5.89. The van der Waals surface area contributed by atoms with Crippen molar-refractivity contribution < 1.29 is 0 Å². The average Bonchev–Trinajstić information content (AvgIpc) is 2.41. The number of hydrogen-bond acceptors (Lipinski definition) is 3. The van der Waals surface area contributed by atoms with Gasteiger partial charge in [-0.3, -0.25) is 4.79 Å². The van der Waals surface area contributed by atoms with Crippen molar-refractivity contribution >= 4 is 17.3 Å². The van der Waals surface area contributed by atoms with E-state index < -0.39 is 0 Å². The molecular weight excluding hydrogens is 262 g/mol. The van der Waals surface area contributed by atoms with Crippen LogP contribution in [0, 0.1) is 0 Å². The molecule has 1 aromatic heterocycles. The Morgan fingerprint density at radius 2 is 2.00 bits per heavy atom. The molecule has 0 saturated heterocycles. The first-order valence-electron chi connectivity index (χ1n) is 6.25. The Labute approximate surface area is 116 Å². The first kappa shape index (κ1) is 13.6. The van der Waals surface area contributed by atoms with Gasteiger partial charge in [0.05, 0.1) is 5.69 Å². The maximum Gasteiger partial charge on any atom is 0.289 e. The molecule has 0 spiro atoms. The summed E-state index contributed by atoms with van der Waals surface area (Å²) in [6, 6.07) is 8.90. The van der Waals surface area contributed by atoms with Gasteiger partial charge in [-0.15, -0.1) is 0 Å². The third-order valence-corrected chi connectivity index (χ3v) is 3.12. The molecule has 100 valence electrons. The van der Waals surface area contributed by atoms with Gasteiger partial charge >= 0.3 is 0 Å². The summed E-state index contributed by atoms with van der Waals surface area (Å²) in [4.78, 5) is 11.9. The molecular formula is C14H16ClN3O. The highest BCUT2D eigenvalue weighted by Crippen LogP contribution is 2.19. The monoisotopic (exact) mass is 277 g/mol. The van der Waals surface area contributed by atoms with E-state index in [0.717, 1.165) is 18.4 Å². The zero-order valence-electron chi connectivity index (χ0n) is 10.8. The van der Waals surface area contributed by atoms with Crippen molar-refractivity contribution in [1.82, 2.24) is 9.78 Å². The number of aromatic nitrogens is 2. The molecule has 1 aromatic carbocycles. The summed E-state index contributed by atoms with van der Waals surface area (Å²) in [6.45, 7) is 2.65. The molecule has 0 aliphatic rings.